The number of benzene rings is 1. The Balaban J connectivity index is 1.58. The molecule has 1 aliphatic rings. The predicted molar refractivity (Wildman–Crippen MR) is 102 cm³/mol. The Labute approximate surface area is 158 Å². The quantitative estimate of drug-likeness (QED) is 0.890. The van der Waals surface area contributed by atoms with Crippen molar-refractivity contribution in [1.82, 2.24) is 15.1 Å². The highest BCUT2D eigenvalue weighted by Gasteiger charge is 2.23. The van der Waals surface area contributed by atoms with Crippen molar-refractivity contribution < 1.29 is 14.3 Å². The molecule has 2 heterocycles. The lowest BCUT2D eigenvalue weighted by atomic mass is 10.2. The molecule has 1 N–H and O–H groups in total. The zero-order chi connectivity index (χ0) is 19.2. The summed E-state index contributed by atoms with van der Waals surface area (Å²) in [6, 6.07) is 11.0. The minimum atomic E-state index is -0.296. The molecule has 8 heteroatoms. The van der Waals surface area contributed by atoms with Gasteiger partial charge in [0.05, 0.1) is 6.61 Å². The van der Waals surface area contributed by atoms with Crippen molar-refractivity contribution in [2.24, 2.45) is 0 Å². The Kier molecular flexibility index (Phi) is 5.85. The van der Waals surface area contributed by atoms with Crippen LogP contribution in [-0.2, 0) is 4.74 Å². The van der Waals surface area contributed by atoms with E-state index in [0.29, 0.717) is 38.6 Å². The number of nitrogens with one attached hydrogen (secondary N) is 1. The summed E-state index contributed by atoms with van der Waals surface area (Å²) >= 11 is 0. The van der Waals surface area contributed by atoms with Gasteiger partial charge >= 0.3 is 6.09 Å². The Morgan fingerprint density at radius 3 is 2.44 bits per heavy atom. The van der Waals surface area contributed by atoms with Gasteiger partial charge < -0.3 is 19.9 Å². The van der Waals surface area contributed by atoms with Gasteiger partial charge in [-0.05, 0) is 37.6 Å². The van der Waals surface area contributed by atoms with Gasteiger partial charge in [0.1, 0.15) is 0 Å². The number of para-hydroxylation sites is 1. The third kappa shape index (κ3) is 4.52. The summed E-state index contributed by atoms with van der Waals surface area (Å²) in [5.41, 5.74) is 1.99. The SMILES string of the molecule is CCOC(=O)N1CCN(c2ccc(C(=O)Nc3ccccc3C)nn2)CC1. The molecule has 142 valence electrons. The molecule has 0 spiro atoms. The van der Waals surface area contributed by atoms with Crippen molar-refractivity contribution in [3.63, 3.8) is 0 Å². The smallest absolute Gasteiger partial charge is 0.409 e. The van der Waals surface area contributed by atoms with Crippen LogP contribution < -0.4 is 10.2 Å². The number of ether oxygens (including phenoxy) is 1. The van der Waals surface area contributed by atoms with Crippen LogP contribution in [0.1, 0.15) is 23.0 Å². The van der Waals surface area contributed by atoms with Crippen molar-refractivity contribution in [3.05, 3.63) is 47.7 Å². The van der Waals surface area contributed by atoms with Gasteiger partial charge in [-0.2, -0.15) is 0 Å². The van der Waals surface area contributed by atoms with Crippen LogP contribution in [0, 0.1) is 6.92 Å². The van der Waals surface area contributed by atoms with Crippen molar-refractivity contribution in [2.75, 3.05) is 43.0 Å². The molecule has 27 heavy (non-hydrogen) atoms. The van der Waals surface area contributed by atoms with E-state index in [9.17, 15) is 9.59 Å². The highest BCUT2D eigenvalue weighted by atomic mass is 16.6. The van der Waals surface area contributed by atoms with Gasteiger partial charge in [0.25, 0.3) is 5.91 Å². The fourth-order valence-corrected chi connectivity index (χ4v) is 2.85. The van der Waals surface area contributed by atoms with Crippen LogP contribution in [0.4, 0.5) is 16.3 Å². The minimum Gasteiger partial charge on any atom is -0.450 e. The molecular weight excluding hydrogens is 346 g/mol. The van der Waals surface area contributed by atoms with E-state index >= 15 is 0 Å². The number of amides is 2. The maximum absolute atomic E-state index is 12.3. The van der Waals surface area contributed by atoms with Gasteiger partial charge in [-0.1, -0.05) is 18.2 Å². The van der Waals surface area contributed by atoms with Crippen LogP contribution in [0.3, 0.4) is 0 Å². The Morgan fingerprint density at radius 1 is 1.07 bits per heavy atom. The molecule has 2 amide bonds. The Morgan fingerprint density at radius 2 is 1.81 bits per heavy atom. The normalized spacial score (nSPS) is 14.0. The summed E-state index contributed by atoms with van der Waals surface area (Å²) < 4.78 is 5.02. The second-order valence-corrected chi connectivity index (χ2v) is 6.22. The summed E-state index contributed by atoms with van der Waals surface area (Å²) in [7, 11) is 0. The number of rotatable bonds is 4. The van der Waals surface area contributed by atoms with E-state index in [2.05, 4.69) is 15.5 Å². The standard InChI is InChI=1S/C19H23N5O3/c1-3-27-19(26)24-12-10-23(11-13-24)17-9-8-16(21-22-17)18(25)20-15-7-5-4-6-14(15)2/h4-9H,3,10-13H2,1-2H3,(H,20,25). The average Bonchev–Trinajstić information content (AvgIpc) is 2.70. The van der Waals surface area contributed by atoms with E-state index in [-0.39, 0.29) is 17.7 Å². The zero-order valence-corrected chi connectivity index (χ0v) is 15.5. The molecule has 3 rings (SSSR count). The van der Waals surface area contributed by atoms with Crippen LogP contribution in [0.5, 0.6) is 0 Å². The molecule has 1 fully saturated rings. The number of aromatic nitrogens is 2. The number of aryl methyl sites for hydroxylation is 1. The number of carbonyl (C=O) groups is 2. The summed E-state index contributed by atoms with van der Waals surface area (Å²) in [5, 5.41) is 11.1. The lowest BCUT2D eigenvalue weighted by Gasteiger charge is -2.34. The van der Waals surface area contributed by atoms with Gasteiger partial charge in [-0.15, -0.1) is 10.2 Å². The van der Waals surface area contributed by atoms with Gasteiger partial charge in [0.15, 0.2) is 11.5 Å². The van der Waals surface area contributed by atoms with Crippen molar-refractivity contribution in [1.29, 1.82) is 0 Å². The summed E-state index contributed by atoms with van der Waals surface area (Å²) in [4.78, 5) is 27.8. The first-order valence-corrected chi connectivity index (χ1v) is 8.96. The predicted octanol–water partition coefficient (Wildman–Crippen LogP) is 2.32. The second kappa shape index (κ2) is 8.48. The molecule has 0 atom stereocenters. The number of carbonyl (C=O) groups excluding carboxylic acids is 2. The highest BCUT2D eigenvalue weighted by Crippen LogP contribution is 2.16. The molecule has 1 aromatic heterocycles. The Bertz CT molecular complexity index is 801. The summed E-state index contributed by atoms with van der Waals surface area (Å²) in [6.45, 7) is 6.51. The topological polar surface area (TPSA) is 87.7 Å². The maximum atomic E-state index is 12.3. The molecule has 2 aromatic rings. The first-order chi connectivity index (χ1) is 13.1. The largest absolute Gasteiger partial charge is 0.450 e. The molecule has 1 aliphatic heterocycles. The van der Waals surface area contributed by atoms with Crippen LogP contribution in [0.25, 0.3) is 0 Å². The van der Waals surface area contributed by atoms with Gasteiger partial charge in [0.2, 0.25) is 0 Å². The third-order valence-electron chi connectivity index (χ3n) is 4.41. The van der Waals surface area contributed by atoms with E-state index in [1.807, 2.05) is 36.1 Å². The second-order valence-electron chi connectivity index (χ2n) is 6.22. The molecule has 1 aromatic carbocycles. The first-order valence-electron chi connectivity index (χ1n) is 8.96. The lowest BCUT2D eigenvalue weighted by Crippen LogP contribution is -2.49. The van der Waals surface area contributed by atoms with Crippen LogP contribution in [0.2, 0.25) is 0 Å². The molecule has 0 radical (unpaired) electrons. The molecule has 0 aliphatic carbocycles. The van der Waals surface area contributed by atoms with Crippen molar-refractivity contribution >= 4 is 23.5 Å². The van der Waals surface area contributed by atoms with Crippen molar-refractivity contribution in [3.8, 4) is 0 Å². The number of nitrogens with zero attached hydrogens (tertiary/aromatic N) is 4. The lowest BCUT2D eigenvalue weighted by molar-refractivity contribution is 0.101. The molecule has 8 nitrogen and oxygen atoms in total. The maximum Gasteiger partial charge on any atom is 0.409 e. The highest BCUT2D eigenvalue weighted by molar-refractivity contribution is 6.03. The summed E-state index contributed by atoms with van der Waals surface area (Å²) in [6.07, 6.45) is -0.286. The number of piperazine rings is 1. The minimum absolute atomic E-state index is 0.257. The molecule has 0 unspecified atom stereocenters. The number of anilines is 2. The number of hydrogen-bond donors (Lipinski definition) is 1. The van der Waals surface area contributed by atoms with Crippen LogP contribution in [-0.4, -0.2) is 59.9 Å². The average molecular weight is 369 g/mol. The number of hydrogen-bond acceptors (Lipinski definition) is 6. The van der Waals surface area contributed by atoms with E-state index in [0.717, 1.165) is 11.3 Å². The van der Waals surface area contributed by atoms with Crippen LogP contribution in [0.15, 0.2) is 36.4 Å². The van der Waals surface area contributed by atoms with Crippen LogP contribution >= 0.6 is 0 Å². The fraction of sp³-hybridized carbons (Fsp3) is 0.368. The molecular formula is C19H23N5O3. The van der Waals surface area contributed by atoms with E-state index in [4.69, 9.17) is 4.74 Å². The molecule has 0 saturated carbocycles. The first kappa shape index (κ1) is 18.6. The summed E-state index contributed by atoms with van der Waals surface area (Å²) in [5.74, 6) is 0.390. The van der Waals surface area contributed by atoms with Gasteiger partial charge in [-0.3, -0.25) is 4.79 Å². The van der Waals surface area contributed by atoms with Gasteiger partial charge in [-0.25, -0.2) is 4.79 Å². The van der Waals surface area contributed by atoms with E-state index < -0.39 is 0 Å². The van der Waals surface area contributed by atoms with Crippen molar-refractivity contribution in [2.45, 2.75) is 13.8 Å². The third-order valence-corrected chi connectivity index (χ3v) is 4.41. The van der Waals surface area contributed by atoms with Gasteiger partial charge in [0, 0.05) is 31.9 Å². The zero-order valence-electron chi connectivity index (χ0n) is 15.5. The van der Waals surface area contributed by atoms with E-state index in [1.165, 1.54) is 0 Å². The fourth-order valence-electron chi connectivity index (χ4n) is 2.85. The monoisotopic (exact) mass is 369 g/mol. The Hall–Kier alpha value is -3.16. The molecule has 1 saturated heterocycles. The van der Waals surface area contributed by atoms with E-state index in [1.54, 1.807) is 24.0 Å². The molecule has 0 bridgehead atoms.